The molecule has 1 aliphatic rings. The van der Waals surface area contributed by atoms with Gasteiger partial charge in [0.25, 0.3) is 0 Å². The number of carbonyl (C=O) groups is 2. The largest absolute Gasteiger partial charge is 0.416 e. The molecule has 5 nitrogen and oxygen atoms in total. The van der Waals surface area contributed by atoms with Gasteiger partial charge in [-0.05, 0) is 17.2 Å². The molecule has 0 radical (unpaired) electrons. The SMILES string of the molecule is CC(C)(CNC(=O)CCC(=O)N1CCC(c2ccccc2)=N1)c1cccc(C(F)(F)F)c1. The molecule has 0 bridgehead atoms. The molecule has 3 rings (SSSR count). The number of amides is 2. The Balaban J connectivity index is 1.50. The first-order valence-electron chi connectivity index (χ1n) is 10.4. The fraction of sp³-hybridized carbons (Fsp3) is 0.375. The summed E-state index contributed by atoms with van der Waals surface area (Å²) in [5.41, 5.74) is 0.860. The maximum Gasteiger partial charge on any atom is 0.416 e. The lowest BCUT2D eigenvalue weighted by Gasteiger charge is -2.26. The summed E-state index contributed by atoms with van der Waals surface area (Å²) in [6.45, 7) is 4.16. The van der Waals surface area contributed by atoms with E-state index in [0.717, 1.165) is 23.4 Å². The van der Waals surface area contributed by atoms with Crippen LogP contribution in [0.4, 0.5) is 13.2 Å². The van der Waals surface area contributed by atoms with E-state index in [4.69, 9.17) is 0 Å². The molecular weight excluding hydrogens is 419 g/mol. The van der Waals surface area contributed by atoms with Gasteiger partial charge in [0, 0.05) is 31.2 Å². The standard InChI is InChI=1S/C24H26F3N3O2/c1-23(2,18-9-6-10-19(15-18)24(25,26)27)16-28-21(31)11-12-22(32)30-14-13-20(29-30)17-7-4-3-5-8-17/h3-10,15H,11-14,16H2,1-2H3,(H,28,31). The van der Waals surface area contributed by atoms with Crippen LogP contribution in [-0.4, -0.2) is 35.6 Å². The number of alkyl halides is 3. The minimum Gasteiger partial charge on any atom is -0.355 e. The molecule has 0 atom stereocenters. The van der Waals surface area contributed by atoms with Crippen molar-refractivity contribution in [2.45, 2.75) is 44.7 Å². The van der Waals surface area contributed by atoms with Crippen LogP contribution in [0.25, 0.3) is 0 Å². The number of carbonyl (C=O) groups excluding carboxylic acids is 2. The molecule has 2 aromatic carbocycles. The Kier molecular flexibility index (Phi) is 7.01. The smallest absolute Gasteiger partial charge is 0.355 e. The zero-order valence-corrected chi connectivity index (χ0v) is 18.1. The van der Waals surface area contributed by atoms with Gasteiger partial charge in [-0.2, -0.15) is 18.3 Å². The van der Waals surface area contributed by atoms with Crippen LogP contribution in [0.15, 0.2) is 59.7 Å². The highest BCUT2D eigenvalue weighted by molar-refractivity contribution is 6.02. The fourth-order valence-electron chi connectivity index (χ4n) is 3.45. The molecule has 1 N–H and O–H groups in total. The zero-order chi connectivity index (χ0) is 23.4. The normalized spacial score (nSPS) is 14.3. The van der Waals surface area contributed by atoms with Gasteiger partial charge in [0.15, 0.2) is 0 Å². The van der Waals surface area contributed by atoms with Gasteiger partial charge < -0.3 is 5.32 Å². The van der Waals surface area contributed by atoms with Gasteiger partial charge in [-0.1, -0.05) is 62.4 Å². The van der Waals surface area contributed by atoms with Crippen LogP contribution >= 0.6 is 0 Å². The Morgan fingerprint density at radius 1 is 1.00 bits per heavy atom. The third-order valence-electron chi connectivity index (χ3n) is 5.46. The predicted octanol–water partition coefficient (Wildman–Crippen LogP) is 4.52. The second-order valence-electron chi connectivity index (χ2n) is 8.42. The van der Waals surface area contributed by atoms with E-state index in [2.05, 4.69) is 10.4 Å². The molecule has 1 aliphatic heterocycles. The zero-order valence-electron chi connectivity index (χ0n) is 18.1. The van der Waals surface area contributed by atoms with Crippen LogP contribution in [-0.2, 0) is 21.2 Å². The number of hydrogen-bond acceptors (Lipinski definition) is 3. The van der Waals surface area contributed by atoms with E-state index >= 15 is 0 Å². The summed E-state index contributed by atoms with van der Waals surface area (Å²) in [5.74, 6) is -0.562. The second-order valence-corrected chi connectivity index (χ2v) is 8.42. The number of nitrogens with one attached hydrogen (secondary N) is 1. The fourth-order valence-corrected chi connectivity index (χ4v) is 3.45. The van der Waals surface area contributed by atoms with Crippen molar-refractivity contribution < 1.29 is 22.8 Å². The first-order valence-corrected chi connectivity index (χ1v) is 10.4. The van der Waals surface area contributed by atoms with Crippen molar-refractivity contribution in [3.63, 3.8) is 0 Å². The highest BCUT2D eigenvalue weighted by Crippen LogP contribution is 2.32. The van der Waals surface area contributed by atoms with Crippen molar-refractivity contribution in [2.75, 3.05) is 13.1 Å². The van der Waals surface area contributed by atoms with Crippen molar-refractivity contribution in [1.29, 1.82) is 0 Å². The van der Waals surface area contributed by atoms with Crippen molar-refractivity contribution in [3.05, 3.63) is 71.3 Å². The molecule has 2 amide bonds. The van der Waals surface area contributed by atoms with Gasteiger partial charge in [0.05, 0.1) is 17.8 Å². The third-order valence-corrected chi connectivity index (χ3v) is 5.46. The molecular formula is C24H26F3N3O2. The third kappa shape index (κ3) is 5.96. The minimum absolute atomic E-state index is 0.00973. The van der Waals surface area contributed by atoms with E-state index in [1.165, 1.54) is 11.1 Å². The van der Waals surface area contributed by atoms with E-state index in [1.54, 1.807) is 19.9 Å². The first-order chi connectivity index (χ1) is 15.1. The molecule has 0 fully saturated rings. The van der Waals surface area contributed by atoms with E-state index in [9.17, 15) is 22.8 Å². The van der Waals surface area contributed by atoms with E-state index in [0.29, 0.717) is 18.5 Å². The average Bonchev–Trinajstić information content (AvgIpc) is 3.27. The van der Waals surface area contributed by atoms with E-state index in [-0.39, 0.29) is 31.2 Å². The van der Waals surface area contributed by atoms with Gasteiger partial charge in [0.1, 0.15) is 0 Å². The summed E-state index contributed by atoms with van der Waals surface area (Å²) in [4.78, 5) is 24.7. The number of benzene rings is 2. The molecule has 0 saturated heterocycles. The van der Waals surface area contributed by atoms with Gasteiger partial charge >= 0.3 is 6.18 Å². The lowest BCUT2D eigenvalue weighted by Crippen LogP contribution is -2.37. The Morgan fingerprint density at radius 3 is 2.38 bits per heavy atom. The number of hydrazone groups is 1. The Hall–Kier alpha value is -3.16. The number of nitrogens with zero attached hydrogens (tertiary/aromatic N) is 2. The van der Waals surface area contributed by atoms with Crippen LogP contribution < -0.4 is 5.32 Å². The van der Waals surface area contributed by atoms with Crippen LogP contribution in [0.5, 0.6) is 0 Å². The summed E-state index contributed by atoms with van der Waals surface area (Å²) >= 11 is 0. The van der Waals surface area contributed by atoms with Crippen LogP contribution in [0.2, 0.25) is 0 Å². The van der Waals surface area contributed by atoms with Crippen LogP contribution in [0, 0.1) is 0 Å². The van der Waals surface area contributed by atoms with Gasteiger partial charge in [-0.3, -0.25) is 9.59 Å². The van der Waals surface area contributed by atoms with Crippen molar-refractivity contribution in [1.82, 2.24) is 10.3 Å². The molecule has 0 saturated carbocycles. The number of hydrogen-bond donors (Lipinski definition) is 1. The molecule has 0 aliphatic carbocycles. The highest BCUT2D eigenvalue weighted by atomic mass is 19.4. The average molecular weight is 445 g/mol. The van der Waals surface area contributed by atoms with Gasteiger partial charge in [0.2, 0.25) is 11.8 Å². The maximum atomic E-state index is 13.0. The molecule has 170 valence electrons. The lowest BCUT2D eigenvalue weighted by molar-refractivity contribution is -0.137. The minimum atomic E-state index is -4.42. The summed E-state index contributed by atoms with van der Waals surface area (Å²) < 4.78 is 38.9. The monoisotopic (exact) mass is 445 g/mol. The number of halogens is 3. The molecule has 0 aromatic heterocycles. The second kappa shape index (κ2) is 9.54. The van der Waals surface area contributed by atoms with Crippen molar-refractivity contribution in [3.8, 4) is 0 Å². The molecule has 0 unspecified atom stereocenters. The summed E-state index contributed by atoms with van der Waals surface area (Å²) in [5, 5.41) is 8.49. The van der Waals surface area contributed by atoms with Crippen molar-refractivity contribution in [2.24, 2.45) is 5.10 Å². The molecule has 2 aromatic rings. The van der Waals surface area contributed by atoms with Gasteiger partial charge in [-0.15, -0.1) is 0 Å². The number of rotatable bonds is 7. The first kappa shape index (κ1) is 23.5. The van der Waals surface area contributed by atoms with E-state index < -0.39 is 17.2 Å². The molecule has 8 heteroatoms. The molecule has 1 heterocycles. The highest BCUT2D eigenvalue weighted by Gasteiger charge is 2.32. The summed E-state index contributed by atoms with van der Waals surface area (Å²) in [7, 11) is 0. The molecule has 32 heavy (non-hydrogen) atoms. The van der Waals surface area contributed by atoms with E-state index in [1.807, 2.05) is 30.3 Å². The molecule has 0 spiro atoms. The Morgan fingerprint density at radius 2 is 1.69 bits per heavy atom. The van der Waals surface area contributed by atoms with Gasteiger partial charge in [-0.25, -0.2) is 5.01 Å². The Labute approximate surface area is 185 Å². The summed E-state index contributed by atoms with van der Waals surface area (Å²) in [6.07, 6.45) is -3.76. The topological polar surface area (TPSA) is 61.8 Å². The van der Waals surface area contributed by atoms with Crippen LogP contribution in [0.1, 0.15) is 49.8 Å². The van der Waals surface area contributed by atoms with Crippen molar-refractivity contribution >= 4 is 17.5 Å². The Bertz CT molecular complexity index is 1000. The summed E-state index contributed by atoms with van der Waals surface area (Å²) in [6, 6.07) is 14.7. The quantitative estimate of drug-likeness (QED) is 0.681. The van der Waals surface area contributed by atoms with Crippen LogP contribution in [0.3, 0.4) is 0 Å². The predicted molar refractivity (Wildman–Crippen MR) is 116 cm³/mol. The maximum absolute atomic E-state index is 13.0. The lowest BCUT2D eigenvalue weighted by atomic mass is 9.83.